The number of alkyl halides is 3. The fourth-order valence-corrected chi connectivity index (χ4v) is 2.81. The van der Waals surface area contributed by atoms with Crippen LogP contribution in [0.25, 0.3) is 0 Å². The number of nitrogens with one attached hydrogen (secondary N) is 1. The number of hydrogen-bond donors (Lipinski definition) is 1. The molecule has 0 aromatic carbocycles. The summed E-state index contributed by atoms with van der Waals surface area (Å²) < 4.78 is 58.7. The molecule has 0 aliphatic carbocycles. The first-order valence-corrected chi connectivity index (χ1v) is 8.73. The lowest BCUT2D eigenvalue weighted by Crippen LogP contribution is -2.28. The number of aromatic nitrogens is 1. The van der Waals surface area contributed by atoms with Crippen molar-refractivity contribution < 1.29 is 26.4 Å². The third kappa shape index (κ3) is 6.34. The van der Waals surface area contributed by atoms with E-state index in [0.29, 0.717) is 11.8 Å². The largest absolute Gasteiger partial charge is 0.397 e. The number of carbonyl (C=O) groups excluding carboxylic acids is 1. The summed E-state index contributed by atoms with van der Waals surface area (Å²) in [6.45, 7) is -0.0145. The maximum atomic E-state index is 11.9. The van der Waals surface area contributed by atoms with Gasteiger partial charge in [0.25, 0.3) is 5.91 Å². The van der Waals surface area contributed by atoms with Gasteiger partial charge < -0.3 is 5.32 Å². The van der Waals surface area contributed by atoms with Crippen molar-refractivity contribution in [2.24, 2.45) is 0 Å². The minimum absolute atomic E-state index is 0.0145. The highest BCUT2D eigenvalue weighted by Crippen LogP contribution is 2.20. The molecule has 1 aromatic heterocycles. The first-order chi connectivity index (χ1) is 9.61. The average Bonchev–Trinajstić information content (AvgIpc) is 2.35. The molecule has 0 saturated heterocycles. The van der Waals surface area contributed by atoms with Crippen LogP contribution in [0.4, 0.5) is 13.2 Å². The van der Waals surface area contributed by atoms with Gasteiger partial charge in [0.2, 0.25) is 0 Å². The Morgan fingerprint density at radius 2 is 2.10 bits per heavy atom. The number of pyridine rings is 1. The number of carbonyl (C=O) groups is 1. The van der Waals surface area contributed by atoms with Crippen molar-refractivity contribution in [3.8, 4) is 0 Å². The van der Waals surface area contributed by atoms with Crippen LogP contribution in [0.1, 0.15) is 10.5 Å². The van der Waals surface area contributed by atoms with Gasteiger partial charge in [-0.2, -0.15) is 24.9 Å². The number of amides is 1. The smallest absolute Gasteiger partial charge is 0.350 e. The fraction of sp³-hybridized carbons (Fsp3) is 0.455. The first kappa shape index (κ1) is 17.8. The second-order valence-corrected chi connectivity index (χ2v) is 7.14. The number of thioether (sulfide) groups is 1. The van der Waals surface area contributed by atoms with Crippen LogP contribution in [0.5, 0.6) is 0 Å². The summed E-state index contributed by atoms with van der Waals surface area (Å²) in [5.74, 6) is -1.67. The summed E-state index contributed by atoms with van der Waals surface area (Å²) in [6.07, 6.45) is -2.04. The molecule has 5 nitrogen and oxygen atoms in total. The summed E-state index contributed by atoms with van der Waals surface area (Å²) in [7, 11) is -3.61. The van der Waals surface area contributed by atoms with E-state index >= 15 is 0 Å². The summed E-state index contributed by atoms with van der Waals surface area (Å²) in [5.41, 5.74) is -0.263. The minimum Gasteiger partial charge on any atom is -0.350 e. The van der Waals surface area contributed by atoms with Gasteiger partial charge in [0.15, 0.2) is 9.84 Å². The Hall–Kier alpha value is -1.29. The lowest BCUT2D eigenvalue weighted by molar-refractivity contribution is -0.105. The van der Waals surface area contributed by atoms with E-state index in [0.717, 1.165) is 6.26 Å². The zero-order valence-electron chi connectivity index (χ0n) is 11.0. The predicted octanol–water partition coefficient (Wildman–Crippen LogP) is 1.51. The van der Waals surface area contributed by atoms with Crippen molar-refractivity contribution in [3.05, 3.63) is 24.0 Å². The molecule has 0 unspecified atom stereocenters. The number of sulfone groups is 1. The van der Waals surface area contributed by atoms with E-state index in [4.69, 9.17) is 0 Å². The summed E-state index contributed by atoms with van der Waals surface area (Å²) in [5, 5.41) is 2.34. The number of halogens is 3. The quantitative estimate of drug-likeness (QED) is 0.793. The zero-order valence-corrected chi connectivity index (χ0v) is 12.6. The Balaban J connectivity index is 2.58. The van der Waals surface area contributed by atoms with Gasteiger partial charge in [0.1, 0.15) is 5.69 Å². The Morgan fingerprint density at radius 3 is 2.67 bits per heavy atom. The molecule has 1 amide bonds. The van der Waals surface area contributed by atoms with Crippen molar-refractivity contribution in [1.29, 1.82) is 0 Å². The van der Waals surface area contributed by atoms with Gasteiger partial charge in [-0.1, -0.05) is 0 Å². The SMILES string of the molecule is CS(=O)(=O)c1cccnc1C(=O)NCCSCC(F)(F)F. The monoisotopic (exact) mass is 342 g/mol. The minimum atomic E-state index is -4.25. The van der Waals surface area contributed by atoms with Crippen LogP contribution < -0.4 is 5.32 Å². The van der Waals surface area contributed by atoms with E-state index in [1.54, 1.807) is 0 Å². The molecule has 0 saturated carbocycles. The molecule has 1 N–H and O–H groups in total. The molecule has 0 atom stereocenters. The Morgan fingerprint density at radius 1 is 1.43 bits per heavy atom. The summed E-state index contributed by atoms with van der Waals surface area (Å²) >= 11 is 0.629. The second kappa shape index (κ2) is 7.12. The molecule has 0 aliphatic heterocycles. The summed E-state index contributed by atoms with van der Waals surface area (Å²) in [6, 6.07) is 2.63. The van der Waals surface area contributed by atoms with Gasteiger partial charge in [-0.3, -0.25) is 4.79 Å². The van der Waals surface area contributed by atoms with Crippen molar-refractivity contribution in [1.82, 2.24) is 10.3 Å². The molecular formula is C11H13F3N2O3S2. The van der Waals surface area contributed by atoms with Crippen LogP contribution >= 0.6 is 11.8 Å². The third-order valence-corrected chi connectivity index (χ3v) is 4.34. The van der Waals surface area contributed by atoms with E-state index in [1.807, 2.05) is 0 Å². The summed E-state index contributed by atoms with van der Waals surface area (Å²) in [4.78, 5) is 15.3. The van der Waals surface area contributed by atoms with E-state index in [1.165, 1.54) is 18.3 Å². The van der Waals surface area contributed by atoms with Crippen LogP contribution in [-0.2, 0) is 9.84 Å². The number of rotatable bonds is 6. The van der Waals surface area contributed by atoms with Crippen LogP contribution in [0.15, 0.2) is 23.2 Å². The molecule has 0 bridgehead atoms. The molecule has 0 spiro atoms. The van der Waals surface area contributed by atoms with Gasteiger partial charge in [0, 0.05) is 24.8 Å². The maximum absolute atomic E-state index is 11.9. The molecule has 1 rings (SSSR count). The predicted molar refractivity (Wildman–Crippen MR) is 73.1 cm³/mol. The highest BCUT2D eigenvalue weighted by atomic mass is 32.2. The maximum Gasteiger partial charge on any atom is 0.397 e. The standard InChI is InChI=1S/C11H13F3N2O3S2/c1-21(18,19)8-3-2-4-15-9(8)10(17)16-5-6-20-7-11(12,13)14/h2-4H,5-7H2,1H3,(H,16,17). The van der Waals surface area contributed by atoms with Gasteiger partial charge in [-0.25, -0.2) is 13.4 Å². The Labute approximate surface area is 124 Å². The Bertz CT molecular complexity index is 603. The first-order valence-electron chi connectivity index (χ1n) is 5.69. The highest BCUT2D eigenvalue weighted by Gasteiger charge is 2.26. The van der Waals surface area contributed by atoms with Crippen LogP contribution in [0, 0.1) is 0 Å². The van der Waals surface area contributed by atoms with E-state index in [9.17, 15) is 26.4 Å². The van der Waals surface area contributed by atoms with Gasteiger partial charge >= 0.3 is 6.18 Å². The molecule has 0 aliphatic rings. The van der Waals surface area contributed by atoms with Crippen LogP contribution in [0.2, 0.25) is 0 Å². The fourth-order valence-electron chi connectivity index (χ4n) is 1.37. The molecule has 1 heterocycles. The van der Waals surface area contributed by atoms with Crippen molar-refractivity contribution in [2.75, 3.05) is 24.3 Å². The zero-order chi connectivity index (χ0) is 16.1. The van der Waals surface area contributed by atoms with Crippen LogP contribution in [-0.4, -0.2) is 49.8 Å². The molecular weight excluding hydrogens is 329 g/mol. The topological polar surface area (TPSA) is 76.1 Å². The lowest BCUT2D eigenvalue weighted by atomic mass is 10.3. The average molecular weight is 342 g/mol. The Kier molecular flexibility index (Phi) is 6.02. The molecule has 0 radical (unpaired) electrons. The highest BCUT2D eigenvalue weighted by molar-refractivity contribution is 7.99. The lowest BCUT2D eigenvalue weighted by Gasteiger charge is -2.08. The third-order valence-electron chi connectivity index (χ3n) is 2.18. The normalized spacial score (nSPS) is 12.2. The van der Waals surface area contributed by atoms with Crippen molar-refractivity contribution >= 4 is 27.5 Å². The van der Waals surface area contributed by atoms with E-state index in [-0.39, 0.29) is 22.9 Å². The second-order valence-electron chi connectivity index (χ2n) is 4.05. The number of nitrogens with zero attached hydrogens (tertiary/aromatic N) is 1. The van der Waals surface area contributed by atoms with E-state index < -0.39 is 27.7 Å². The molecule has 10 heteroatoms. The molecule has 21 heavy (non-hydrogen) atoms. The van der Waals surface area contributed by atoms with E-state index in [2.05, 4.69) is 10.3 Å². The van der Waals surface area contributed by atoms with Gasteiger partial charge in [-0.15, -0.1) is 0 Å². The molecule has 1 aromatic rings. The molecule has 118 valence electrons. The van der Waals surface area contributed by atoms with Gasteiger partial charge in [0.05, 0.1) is 10.6 Å². The van der Waals surface area contributed by atoms with Crippen LogP contribution in [0.3, 0.4) is 0 Å². The van der Waals surface area contributed by atoms with Crippen molar-refractivity contribution in [3.63, 3.8) is 0 Å². The molecule has 0 fully saturated rings. The van der Waals surface area contributed by atoms with Gasteiger partial charge in [-0.05, 0) is 12.1 Å². The van der Waals surface area contributed by atoms with Crippen molar-refractivity contribution in [2.45, 2.75) is 11.1 Å². The number of hydrogen-bond acceptors (Lipinski definition) is 5.